The van der Waals surface area contributed by atoms with E-state index in [-0.39, 0.29) is 44.6 Å². The monoisotopic (exact) mass is 308 g/mol. The minimum Gasteiger partial charge on any atom is -0.0776 e. The van der Waals surface area contributed by atoms with E-state index in [1.54, 1.807) is 0 Å². The van der Waals surface area contributed by atoms with Gasteiger partial charge in [0.15, 0.2) is 0 Å². The molecule has 132 valence electrons. The molecule has 0 radical (unpaired) electrons. The number of hydrogen-bond donors (Lipinski definition) is 0. The molecular formula is C22H44. The van der Waals surface area contributed by atoms with E-state index in [1.807, 2.05) is 13.8 Å². The number of benzene rings is 2. The zero-order valence-electron chi connectivity index (χ0n) is 10.6. The second-order valence-electron chi connectivity index (χ2n) is 3.63. The third-order valence-corrected chi connectivity index (χ3v) is 2.58. The summed E-state index contributed by atoms with van der Waals surface area (Å²) in [7, 11) is 0. The maximum atomic E-state index is 2.18. The lowest BCUT2D eigenvalue weighted by Crippen LogP contribution is -1.85. The molecule has 0 N–H and O–H groups in total. The molecule has 2 rings (SSSR count). The first-order valence-corrected chi connectivity index (χ1v) is 5.90. The molecule has 0 nitrogen and oxygen atoms in total. The fourth-order valence-corrected chi connectivity index (χ4v) is 1.75. The van der Waals surface area contributed by atoms with Crippen molar-refractivity contribution in [2.24, 2.45) is 0 Å². The van der Waals surface area contributed by atoms with Crippen LogP contribution in [-0.4, -0.2) is 0 Å². The molecule has 22 heavy (non-hydrogen) atoms. The van der Waals surface area contributed by atoms with E-state index in [4.69, 9.17) is 0 Å². The Hall–Kier alpha value is -1.56. The molecule has 0 fully saturated rings. The SMILES string of the molecule is C.C.C.C.C.C.CC.Cc1ccccc1-c1ccccc1C. The summed E-state index contributed by atoms with van der Waals surface area (Å²) < 4.78 is 0. The second kappa shape index (κ2) is 19.4. The number of hydrogen-bond acceptors (Lipinski definition) is 0. The van der Waals surface area contributed by atoms with Crippen LogP contribution in [0, 0.1) is 13.8 Å². The van der Waals surface area contributed by atoms with Crippen molar-refractivity contribution in [3.8, 4) is 11.1 Å². The summed E-state index contributed by atoms with van der Waals surface area (Å²) in [6, 6.07) is 17.0. The van der Waals surface area contributed by atoms with Gasteiger partial charge in [-0.25, -0.2) is 0 Å². The Bertz CT molecular complexity index is 398. The minimum absolute atomic E-state index is 0. The topological polar surface area (TPSA) is 0 Å². The maximum Gasteiger partial charge on any atom is -0.0152 e. The summed E-state index contributed by atoms with van der Waals surface area (Å²) in [5.74, 6) is 0. The summed E-state index contributed by atoms with van der Waals surface area (Å²) >= 11 is 0. The van der Waals surface area contributed by atoms with Gasteiger partial charge in [-0.2, -0.15) is 0 Å². The predicted octanol–water partition coefficient (Wildman–Crippen LogP) is 8.81. The van der Waals surface area contributed by atoms with E-state index in [0.717, 1.165) is 0 Å². The average Bonchev–Trinajstić information content (AvgIpc) is 2.34. The zero-order valence-corrected chi connectivity index (χ0v) is 10.6. The van der Waals surface area contributed by atoms with Gasteiger partial charge in [0.2, 0.25) is 0 Å². The lowest BCUT2D eigenvalue weighted by atomic mass is 9.97. The van der Waals surface area contributed by atoms with Crippen molar-refractivity contribution < 1.29 is 0 Å². The van der Waals surface area contributed by atoms with Crippen LogP contribution in [0.4, 0.5) is 0 Å². The lowest BCUT2D eigenvalue weighted by molar-refractivity contribution is 1.41. The van der Waals surface area contributed by atoms with Crippen LogP contribution in [0.1, 0.15) is 69.5 Å². The largest absolute Gasteiger partial charge is 0.0776 e. The van der Waals surface area contributed by atoms with E-state index in [2.05, 4.69) is 62.4 Å². The predicted molar refractivity (Wildman–Crippen MR) is 113 cm³/mol. The molecule has 0 heteroatoms. The van der Waals surface area contributed by atoms with Crippen LogP contribution in [0.15, 0.2) is 48.5 Å². The van der Waals surface area contributed by atoms with Gasteiger partial charge in [0.1, 0.15) is 0 Å². The third kappa shape index (κ3) is 9.39. The van der Waals surface area contributed by atoms with Gasteiger partial charge in [0, 0.05) is 0 Å². The average molecular weight is 309 g/mol. The highest BCUT2D eigenvalue weighted by molar-refractivity contribution is 5.70. The molecule has 0 amide bonds. The Morgan fingerprint density at radius 3 is 0.909 bits per heavy atom. The highest BCUT2D eigenvalue weighted by atomic mass is 14.1. The molecule has 0 heterocycles. The van der Waals surface area contributed by atoms with Gasteiger partial charge in [-0.15, -0.1) is 0 Å². The van der Waals surface area contributed by atoms with Gasteiger partial charge >= 0.3 is 0 Å². The first-order chi connectivity index (χ1) is 7.79. The van der Waals surface area contributed by atoms with Gasteiger partial charge in [0.25, 0.3) is 0 Å². The molecule has 2 aromatic carbocycles. The maximum absolute atomic E-state index is 2.18. The van der Waals surface area contributed by atoms with E-state index in [9.17, 15) is 0 Å². The number of rotatable bonds is 1. The highest BCUT2D eigenvalue weighted by Crippen LogP contribution is 2.25. The molecular weight excluding hydrogens is 264 g/mol. The summed E-state index contributed by atoms with van der Waals surface area (Å²) in [4.78, 5) is 0. The third-order valence-electron chi connectivity index (χ3n) is 2.58. The van der Waals surface area contributed by atoms with Crippen molar-refractivity contribution in [3.63, 3.8) is 0 Å². The summed E-state index contributed by atoms with van der Waals surface area (Å²) in [6.07, 6.45) is 0. The van der Waals surface area contributed by atoms with Crippen molar-refractivity contribution in [2.75, 3.05) is 0 Å². The second-order valence-corrected chi connectivity index (χ2v) is 3.63. The van der Waals surface area contributed by atoms with Crippen LogP contribution >= 0.6 is 0 Å². The molecule has 0 unspecified atom stereocenters. The molecule has 0 aromatic heterocycles. The quantitative estimate of drug-likeness (QED) is 0.493. The fraction of sp³-hybridized carbons (Fsp3) is 0.455. The van der Waals surface area contributed by atoms with Gasteiger partial charge in [0.05, 0.1) is 0 Å². The molecule has 0 bridgehead atoms. The van der Waals surface area contributed by atoms with Crippen LogP contribution in [0.2, 0.25) is 0 Å². The van der Waals surface area contributed by atoms with Gasteiger partial charge < -0.3 is 0 Å². The van der Waals surface area contributed by atoms with E-state index < -0.39 is 0 Å². The van der Waals surface area contributed by atoms with Crippen molar-refractivity contribution in [2.45, 2.75) is 72.3 Å². The van der Waals surface area contributed by atoms with Gasteiger partial charge in [-0.3, -0.25) is 0 Å². The molecule has 0 aliphatic carbocycles. The van der Waals surface area contributed by atoms with Crippen LogP contribution in [0.5, 0.6) is 0 Å². The minimum atomic E-state index is 0. The normalized spacial score (nSPS) is 6.73. The molecule has 0 aliphatic heterocycles. The standard InChI is InChI=1S/C14H14.C2H6.6CH4/c1-11-7-3-5-9-13(11)14-10-6-4-8-12(14)2;1-2;;;;;;/h3-10H,1-2H3;1-2H3;6*1H4. The first-order valence-electron chi connectivity index (χ1n) is 5.90. The van der Waals surface area contributed by atoms with Crippen LogP contribution in [-0.2, 0) is 0 Å². The van der Waals surface area contributed by atoms with Crippen molar-refractivity contribution in [1.82, 2.24) is 0 Å². The molecule has 0 spiro atoms. The fourth-order valence-electron chi connectivity index (χ4n) is 1.75. The van der Waals surface area contributed by atoms with Gasteiger partial charge in [-0.05, 0) is 36.1 Å². The Morgan fingerprint density at radius 1 is 0.455 bits per heavy atom. The zero-order chi connectivity index (χ0) is 12.0. The molecule has 0 atom stereocenters. The first kappa shape index (κ1) is 37.0. The molecule has 0 saturated heterocycles. The Morgan fingerprint density at radius 2 is 0.682 bits per heavy atom. The van der Waals surface area contributed by atoms with E-state index in [0.29, 0.717) is 0 Å². The Labute approximate surface area is 143 Å². The van der Waals surface area contributed by atoms with Crippen LogP contribution < -0.4 is 0 Å². The van der Waals surface area contributed by atoms with Crippen LogP contribution in [0.25, 0.3) is 11.1 Å². The van der Waals surface area contributed by atoms with Crippen LogP contribution in [0.3, 0.4) is 0 Å². The van der Waals surface area contributed by atoms with E-state index >= 15 is 0 Å². The van der Waals surface area contributed by atoms with Gasteiger partial charge in [-0.1, -0.05) is 107 Å². The van der Waals surface area contributed by atoms with Crippen molar-refractivity contribution in [3.05, 3.63) is 59.7 Å². The summed E-state index contributed by atoms with van der Waals surface area (Å²) in [5.41, 5.74) is 5.35. The summed E-state index contributed by atoms with van der Waals surface area (Å²) in [6.45, 7) is 8.31. The number of aryl methyl sites for hydroxylation is 2. The Balaban J connectivity index is -0.0000000770. The molecule has 0 saturated carbocycles. The summed E-state index contributed by atoms with van der Waals surface area (Å²) in [5, 5.41) is 0. The molecule has 2 aromatic rings. The van der Waals surface area contributed by atoms with Crippen molar-refractivity contribution in [1.29, 1.82) is 0 Å². The Kier molecular flexibility index (Phi) is 32.7. The van der Waals surface area contributed by atoms with Crippen molar-refractivity contribution >= 4 is 0 Å². The highest BCUT2D eigenvalue weighted by Gasteiger charge is 2.02. The smallest absolute Gasteiger partial charge is 0.0152 e. The lowest BCUT2D eigenvalue weighted by Gasteiger charge is -2.08. The van der Waals surface area contributed by atoms with E-state index in [1.165, 1.54) is 22.3 Å². The molecule has 0 aliphatic rings.